The first-order chi connectivity index (χ1) is 12.5. The van der Waals surface area contributed by atoms with Gasteiger partial charge in [-0.2, -0.15) is 4.73 Å². The van der Waals surface area contributed by atoms with Crippen LogP contribution in [0, 0.1) is 11.6 Å². The van der Waals surface area contributed by atoms with Gasteiger partial charge in [-0.05, 0) is 42.0 Å². The van der Waals surface area contributed by atoms with Gasteiger partial charge in [0, 0.05) is 6.20 Å². The van der Waals surface area contributed by atoms with Crippen LogP contribution < -0.4 is 15.7 Å². The molecule has 0 aliphatic heterocycles. The van der Waals surface area contributed by atoms with Crippen LogP contribution in [0.25, 0.3) is 0 Å². The second kappa shape index (κ2) is 7.60. The number of halogens is 2. The summed E-state index contributed by atoms with van der Waals surface area (Å²) in [5.74, 6) is -1.79. The molecule has 0 aliphatic carbocycles. The third kappa shape index (κ3) is 3.94. The third-order valence-electron chi connectivity index (χ3n) is 3.54. The van der Waals surface area contributed by atoms with E-state index in [1.165, 1.54) is 54.7 Å². The van der Waals surface area contributed by atoms with E-state index in [0.717, 1.165) is 4.73 Å². The summed E-state index contributed by atoms with van der Waals surface area (Å²) in [6.07, 6.45) is 1.33. The van der Waals surface area contributed by atoms with Crippen molar-refractivity contribution in [1.82, 2.24) is 4.73 Å². The van der Waals surface area contributed by atoms with Crippen molar-refractivity contribution in [3.63, 3.8) is 0 Å². The number of rotatable bonds is 5. The van der Waals surface area contributed by atoms with Crippen LogP contribution in [0.4, 0.5) is 14.5 Å². The van der Waals surface area contributed by atoms with Crippen molar-refractivity contribution in [3.05, 3.63) is 100.0 Å². The Bertz CT molecular complexity index is 1000. The van der Waals surface area contributed by atoms with Crippen molar-refractivity contribution in [2.45, 2.75) is 6.61 Å². The lowest BCUT2D eigenvalue weighted by Gasteiger charge is -2.10. The molecule has 1 aromatic heterocycles. The van der Waals surface area contributed by atoms with E-state index in [9.17, 15) is 18.4 Å². The normalized spacial score (nSPS) is 10.4. The Kier molecular flexibility index (Phi) is 5.07. The predicted molar refractivity (Wildman–Crippen MR) is 91.7 cm³/mol. The van der Waals surface area contributed by atoms with Gasteiger partial charge in [-0.1, -0.05) is 24.3 Å². The molecule has 26 heavy (non-hydrogen) atoms. The second-order valence-corrected chi connectivity index (χ2v) is 5.39. The summed E-state index contributed by atoms with van der Waals surface area (Å²) in [5, 5.41) is 2.34. The first-order valence-electron chi connectivity index (χ1n) is 7.70. The minimum Gasteiger partial charge on any atom is -0.406 e. The fraction of sp³-hybridized carbons (Fsp3) is 0.0526. The Balaban J connectivity index is 1.77. The quantitative estimate of drug-likeness (QED) is 0.765. The van der Waals surface area contributed by atoms with Crippen LogP contribution in [0.1, 0.15) is 15.9 Å². The fourth-order valence-electron chi connectivity index (χ4n) is 2.27. The molecule has 0 bridgehead atoms. The van der Waals surface area contributed by atoms with Gasteiger partial charge in [0.2, 0.25) is 0 Å². The molecule has 3 rings (SSSR count). The van der Waals surface area contributed by atoms with Crippen LogP contribution >= 0.6 is 0 Å². The maximum absolute atomic E-state index is 13.6. The first kappa shape index (κ1) is 17.3. The molecule has 1 heterocycles. The van der Waals surface area contributed by atoms with Crippen molar-refractivity contribution in [1.29, 1.82) is 0 Å². The summed E-state index contributed by atoms with van der Waals surface area (Å²) < 4.78 is 27.7. The number of carbonyl (C=O) groups is 1. The van der Waals surface area contributed by atoms with Crippen molar-refractivity contribution in [2.24, 2.45) is 0 Å². The molecular formula is C19H14F2N2O3. The number of carbonyl (C=O) groups excluding carboxylic acids is 1. The highest BCUT2D eigenvalue weighted by molar-refractivity contribution is 6.04. The topological polar surface area (TPSA) is 60.3 Å². The van der Waals surface area contributed by atoms with Gasteiger partial charge in [0.25, 0.3) is 11.5 Å². The highest BCUT2D eigenvalue weighted by Crippen LogP contribution is 2.13. The van der Waals surface area contributed by atoms with Crippen molar-refractivity contribution < 1.29 is 18.4 Å². The molecule has 1 N–H and O–H groups in total. The van der Waals surface area contributed by atoms with Gasteiger partial charge in [-0.3, -0.25) is 9.59 Å². The van der Waals surface area contributed by atoms with Crippen molar-refractivity contribution in [2.75, 3.05) is 5.32 Å². The highest BCUT2D eigenvalue weighted by Gasteiger charge is 2.14. The van der Waals surface area contributed by atoms with E-state index in [1.54, 1.807) is 12.1 Å². The molecule has 3 aromatic rings. The molecular weight excluding hydrogens is 342 g/mol. The van der Waals surface area contributed by atoms with Crippen molar-refractivity contribution in [3.8, 4) is 0 Å². The molecule has 132 valence electrons. The van der Waals surface area contributed by atoms with Gasteiger partial charge in [-0.15, -0.1) is 0 Å². The highest BCUT2D eigenvalue weighted by atomic mass is 19.1. The molecule has 0 spiro atoms. The average molecular weight is 356 g/mol. The molecule has 0 radical (unpaired) electrons. The molecule has 0 saturated carbocycles. The molecule has 0 atom stereocenters. The zero-order valence-corrected chi connectivity index (χ0v) is 13.5. The Hall–Kier alpha value is -3.48. The summed E-state index contributed by atoms with van der Waals surface area (Å²) >= 11 is 0. The lowest BCUT2D eigenvalue weighted by Crippen LogP contribution is -2.32. The smallest absolute Gasteiger partial charge is 0.295 e. The summed E-state index contributed by atoms with van der Waals surface area (Å²) in [5.41, 5.74) is -0.432. The second-order valence-electron chi connectivity index (χ2n) is 5.39. The van der Waals surface area contributed by atoms with E-state index in [2.05, 4.69) is 5.32 Å². The van der Waals surface area contributed by atoms with Crippen LogP contribution in [-0.2, 0) is 6.61 Å². The zero-order chi connectivity index (χ0) is 18.5. The van der Waals surface area contributed by atoms with E-state index >= 15 is 0 Å². The largest absolute Gasteiger partial charge is 0.406 e. The number of amides is 1. The molecule has 5 nitrogen and oxygen atoms in total. The van der Waals surface area contributed by atoms with E-state index < -0.39 is 23.1 Å². The van der Waals surface area contributed by atoms with Gasteiger partial charge in [0.1, 0.15) is 23.8 Å². The third-order valence-corrected chi connectivity index (χ3v) is 3.54. The average Bonchev–Trinajstić information content (AvgIpc) is 2.63. The number of anilines is 1. The number of hydrogen-bond donors (Lipinski definition) is 1. The van der Waals surface area contributed by atoms with Gasteiger partial charge in [-0.25, -0.2) is 8.78 Å². The molecule has 0 unspecified atom stereocenters. The van der Waals surface area contributed by atoms with Gasteiger partial charge >= 0.3 is 0 Å². The Morgan fingerprint density at radius 2 is 1.85 bits per heavy atom. The molecule has 7 heteroatoms. The lowest BCUT2D eigenvalue weighted by atomic mass is 10.2. The number of nitrogens with one attached hydrogen (secondary N) is 1. The van der Waals surface area contributed by atoms with Crippen molar-refractivity contribution >= 4 is 11.6 Å². The van der Waals surface area contributed by atoms with Crippen LogP contribution in [0.2, 0.25) is 0 Å². The van der Waals surface area contributed by atoms with E-state index in [0.29, 0.717) is 5.56 Å². The fourth-order valence-corrected chi connectivity index (χ4v) is 2.27. The Morgan fingerprint density at radius 3 is 2.62 bits per heavy atom. The standard InChI is InChI=1S/C19H14F2N2O3/c20-14-6-3-5-13(11-14)12-26-23-10-4-7-15(19(23)25)18(24)22-17-9-2-1-8-16(17)21/h1-11H,12H2,(H,22,24). The lowest BCUT2D eigenvalue weighted by molar-refractivity contribution is 0.0862. The SMILES string of the molecule is O=C(Nc1ccccc1F)c1cccn(OCc2cccc(F)c2)c1=O. The number of hydrogen-bond acceptors (Lipinski definition) is 3. The van der Waals surface area contributed by atoms with Gasteiger partial charge < -0.3 is 10.2 Å². The number of para-hydroxylation sites is 1. The van der Waals surface area contributed by atoms with E-state index in [-0.39, 0.29) is 17.9 Å². The zero-order valence-electron chi connectivity index (χ0n) is 13.5. The molecule has 1 amide bonds. The number of aromatic nitrogens is 1. The number of pyridine rings is 1. The van der Waals surface area contributed by atoms with Crippen LogP contribution in [0.15, 0.2) is 71.7 Å². The van der Waals surface area contributed by atoms with Crippen LogP contribution in [0.3, 0.4) is 0 Å². The number of nitrogens with zero attached hydrogens (tertiary/aromatic N) is 1. The molecule has 0 saturated heterocycles. The Morgan fingerprint density at radius 1 is 1.04 bits per heavy atom. The van der Waals surface area contributed by atoms with E-state index in [4.69, 9.17) is 4.84 Å². The summed E-state index contributed by atoms with van der Waals surface area (Å²) in [6, 6.07) is 14.1. The first-order valence-corrected chi connectivity index (χ1v) is 7.70. The van der Waals surface area contributed by atoms with E-state index in [1.807, 2.05) is 0 Å². The predicted octanol–water partition coefficient (Wildman–Crippen LogP) is 3.01. The summed E-state index contributed by atoms with van der Waals surface area (Å²) in [6.45, 7) is -0.0595. The summed E-state index contributed by atoms with van der Waals surface area (Å²) in [7, 11) is 0. The van der Waals surface area contributed by atoms with Crippen LogP contribution in [0.5, 0.6) is 0 Å². The monoisotopic (exact) mass is 356 g/mol. The Labute approximate surface area is 147 Å². The maximum Gasteiger partial charge on any atom is 0.295 e. The summed E-state index contributed by atoms with van der Waals surface area (Å²) in [4.78, 5) is 30.0. The molecule has 0 aliphatic rings. The van der Waals surface area contributed by atoms with Gasteiger partial charge in [0.05, 0.1) is 5.69 Å². The maximum atomic E-state index is 13.6. The minimum absolute atomic E-state index is 0.0343. The van der Waals surface area contributed by atoms with Crippen LogP contribution in [-0.4, -0.2) is 10.6 Å². The number of benzene rings is 2. The molecule has 2 aromatic carbocycles. The minimum atomic E-state index is -0.760. The van der Waals surface area contributed by atoms with Gasteiger partial charge in [0.15, 0.2) is 0 Å². The molecule has 0 fully saturated rings.